The van der Waals surface area contributed by atoms with Crippen LogP contribution >= 0.6 is 15.9 Å². The lowest BCUT2D eigenvalue weighted by molar-refractivity contribution is -0.141. The maximum absolute atomic E-state index is 12.1. The Hall–Kier alpha value is -2.67. The first kappa shape index (κ1) is 15.8. The second-order valence-corrected chi connectivity index (χ2v) is 6.84. The number of carboxylic acids is 1. The second kappa shape index (κ2) is 6.00. The van der Waals surface area contributed by atoms with E-state index >= 15 is 0 Å². The van der Waals surface area contributed by atoms with E-state index in [9.17, 15) is 9.59 Å². The summed E-state index contributed by atoms with van der Waals surface area (Å²) in [6.45, 7) is 0.173. The van der Waals surface area contributed by atoms with E-state index in [0.717, 1.165) is 10.0 Å². The minimum Gasteiger partial charge on any atom is -0.481 e. The van der Waals surface area contributed by atoms with Crippen molar-refractivity contribution in [2.75, 3.05) is 11.4 Å². The fraction of sp³-hybridized carbons (Fsp3) is 0.167. The highest BCUT2D eigenvalue weighted by Crippen LogP contribution is 2.31. The Bertz CT molecular complexity index is 998. The molecule has 2 aromatic carbocycles. The predicted octanol–water partition coefficient (Wildman–Crippen LogP) is 3.69. The number of aliphatic carboxylic acids is 1. The van der Waals surface area contributed by atoms with Crippen LogP contribution in [-0.4, -0.2) is 28.5 Å². The van der Waals surface area contributed by atoms with Crippen molar-refractivity contribution in [2.45, 2.75) is 6.42 Å². The third-order valence-corrected chi connectivity index (χ3v) is 4.72. The van der Waals surface area contributed by atoms with E-state index in [1.807, 2.05) is 24.3 Å². The number of hydrogen-bond acceptors (Lipinski definition) is 4. The molecule has 0 unspecified atom stereocenters. The number of carboxylic acid groups (broad SMARTS) is 1. The quantitative estimate of drug-likeness (QED) is 0.724. The molecule has 1 saturated heterocycles. The van der Waals surface area contributed by atoms with Gasteiger partial charge in [0.05, 0.1) is 5.92 Å². The van der Waals surface area contributed by atoms with Gasteiger partial charge in [-0.3, -0.25) is 9.59 Å². The third-order valence-electron chi connectivity index (χ3n) is 4.23. The lowest BCUT2D eigenvalue weighted by Gasteiger charge is -2.15. The van der Waals surface area contributed by atoms with Crippen molar-refractivity contribution in [3.63, 3.8) is 0 Å². The number of carbonyl (C=O) groups is 2. The molecule has 1 fully saturated rings. The number of halogens is 1. The zero-order valence-electron chi connectivity index (χ0n) is 13.0. The normalized spacial score (nSPS) is 17.4. The van der Waals surface area contributed by atoms with Crippen molar-refractivity contribution >= 4 is 44.6 Å². The molecule has 0 radical (unpaired) electrons. The summed E-state index contributed by atoms with van der Waals surface area (Å²) < 4.78 is 6.76. The maximum atomic E-state index is 12.1. The highest BCUT2D eigenvalue weighted by molar-refractivity contribution is 9.10. The van der Waals surface area contributed by atoms with Crippen molar-refractivity contribution < 1.29 is 19.1 Å². The van der Waals surface area contributed by atoms with Crippen LogP contribution < -0.4 is 4.90 Å². The number of fused-ring (bicyclic) bond motifs is 1. The van der Waals surface area contributed by atoms with Crippen LogP contribution in [0.2, 0.25) is 0 Å². The fourth-order valence-corrected chi connectivity index (χ4v) is 3.35. The van der Waals surface area contributed by atoms with Crippen LogP contribution in [0.3, 0.4) is 0 Å². The summed E-state index contributed by atoms with van der Waals surface area (Å²) in [4.78, 5) is 29.2. The van der Waals surface area contributed by atoms with Crippen LogP contribution in [0.5, 0.6) is 0 Å². The average Bonchev–Trinajstić information content (AvgIpc) is 3.17. The summed E-state index contributed by atoms with van der Waals surface area (Å²) in [5.74, 6) is -1.33. The maximum Gasteiger partial charge on any atom is 0.308 e. The number of amides is 1. The van der Waals surface area contributed by atoms with Gasteiger partial charge in [-0.05, 0) is 30.3 Å². The molecule has 25 heavy (non-hydrogen) atoms. The highest BCUT2D eigenvalue weighted by atomic mass is 79.9. The van der Waals surface area contributed by atoms with Gasteiger partial charge in [0.1, 0.15) is 5.52 Å². The first-order valence-electron chi connectivity index (χ1n) is 7.71. The Kier molecular flexibility index (Phi) is 3.80. The van der Waals surface area contributed by atoms with Gasteiger partial charge in [-0.15, -0.1) is 0 Å². The smallest absolute Gasteiger partial charge is 0.308 e. The number of aromatic nitrogens is 1. The van der Waals surface area contributed by atoms with E-state index in [-0.39, 0.29) is 18.9 Å². The molecule has 0 saturated carbocycles. The molecule has 3 aromatic rings. The molecule has 1 amide bonds. The standard InChI is InChI=1S/C18H13BrN2O4/c19-12-3-1-2-10(6-12)17-20-14-5-4-13(8-15(14)25-17)21-9-11(18(23)24)7-16(21)22/h1-6,8,11H,7,9H2,(H,23,24)/t11-/m1/s1. The SMILES string of the molecule is O=C(O)[C@@H]1CC(=O)N(c2ccc3nc(-c4cccc(Br)c4)oc3c2)C1. The molecule has 1 aromatic heterocycles. The van der Waals surface area contributed by atoms with E-state index < -0.39 is 11.9 Å². The molecule has 1 atom stereocenters. The molecule has 1 aliphatic rings. The lowest BCUT2D eigenvalue weighted by Crippen LogP contribution is -2.25. The zero-order chi connectivity index (χ0) is 17.6. The van der Waals surface area contributed by atoms with Gasteiger partial charge >= 0.3 is 5.97 Å². The summed E-state index contributed by atoms with van der Waals surface area (Å²) in [7, 11) is 0. The van der Waals surface area contributed by atoms with E-state index in [2.05, 4.69) is 20.9 Å². The zero-order valence-corrected chi connectivity index (χ0v) is 14.6. The third kappa shape index (κ3) is 2.91. The number of carbonyl (C=O) groups excluding carboxylic acids is 1. The highest BCUT2D eigenvalue weighted by Gasteiger charge is 2.35. The fourth-order valence-electron chi connectivity index (χ4n) is 2.95. The van der Waals surface area contributed by atoms with Crippen LogP contribution in [0.25, 0.3) is 22.6 Å². The average molecular weight is 401 g/mol. The molecular formula is C18H13BrN2O4. The minimum atomic E-state index is -0.950. The van der Waals surface area contributed by atoms with Gasteiger partial charge in [-0.25, -0.2) is 4.98 Å². The summed E-state index contributed by atoms with van der Waals surface area (Å²) in [6, 6.07) is 12.9. The van der Waals surface area contributed by atoms with Crippen molar-refractivity contribution in [2.24, 2.45) is 5.92 Å². The van der Waals surface area contributed by atoms with Gasteiger partial charge in [0.25, 0.3) is 0 Å². The van der Waals surface area contributed by atoms with Crippen molar-refractivity contribution in [3.05, 3.63) is 46.9 Å². The molecule has 0 aliphatic carbocycles. The summed E-state index contributed by atoms with van der Waals surface area (Å²) >= 11 is 3.42. The van der Waals surface area contributed by atoms with Gasteiger partial charge in [-0.2, -0.15) is 0 Å². The molecular weight excluding hydrogens is 388 g/mol. The Morgan fingerprint density at radius 3 is 2.84 bits per heavy atom. The van der Waals surface area contributed by atoms with Crippen molar-refractivity contribution in [1.82, 2.24) is 4.98 Å². The molecule has 2 heterocycles. The second-order valence-electron chi connectivity index (χ2n) is 5.93. The number of hydrogen-bond donors (Lipinski definition) is 1. The molecule has 6 nitrogen and oxygen atoms in total. The van der Waals surface area contributed by atoms with Crippen molar-refractivity contribution in [3.8, 4) is 11.5 Å². The van der Waals surface area contributed by atoms with Gasteiger partial charge in [0.15, 0.2) is 5.58 Å². The number of rotatable bonds is 3. The monoisotopic (exact) mass is 400 g/mol. The molecule has 0 bridgehead atoms. The first-order chi connectivity index (χ1) is 12.0. The van der Waals surface area contributed by atoms with Gasteiger partial charge in [0, 0.05) is 34.8 Å². The molecule has 126 valence electrons. The van der Waals surface area contributed by atoms with Crippen LogP contribution in [0.4, 0.5) is 5.69 Å². The molecule has 1 N–H and O–H groups in total. The Morgan fingerprint density at radius 2 is 2.12 bits per heavy atom. The molecule has 7 heteroatoms. The minimum absolute atomic E-state index is 0.0209. The first-order valence-corrected chi connectivity index (χ1v) is 8.50. The van der Waals surface area contributed by atoms with Gasteiger partial charge in [-0.1, -0.05) is 22.0 Å². The summed E-state index contributed by atoms with van der Waals surface area (Å²) in [5, 5.41) is 9.11. The topological polar surface area (TPSA) is 83.6 Å². The van der Waals surface area contributed by atoms with Crippen LogP contribution in [0.15, 0.2) is 51.4 Å². The van der Waals surface area contributed by atoms with Crippen LogP contribution in [-0.2, 0) is 9.59 Å². The summed E-state index contributed by atoms with van der Waals surface area (Å²) in [6.07, 6.45) is 0.0209. The summed E-state index contributed by atoms with van der Waals surface area (Å²) in [5.41, 5.74) is 2.70. The van der Waals surface area contributed by atoms with Gasteiger partial charge in [0.2, 0.25) is 11.8 Å². The largest absolute Gasteiger partial charge is 0.481 e. The Morgan fingerprint density at radius 1 is 1.28 bits per heavy atom. The van der Waals surface area contributed by atoms with Crippen LogP contribution in [0, 0.1) is 5.92 Å². The number of nitrogens with zero attached hydrogens (tertiary/aromatic N) is 2. The Labute approximate surface area is 151 Å². The van der Waals surface area contributed by atoms with Crippen molar-refractivity contribution in [1.29, 1.82) is 0 Å². The molecule has 4 rings (SSSR count). The predicted molar refractivity (Wildman–Crippen MR) is 95.2 cm³/mol. The van der Waals surface area contributed by atoms with Crippen LogP contribution in [0.1, 0.15) is 6.42 Å². The van der Waals surface area contributed by atoms with E-state index in [0.29, 0.717) is 22.7 Å². The Balaban J connectivity index is 1.69. The van der Waals surface area contributed by atoms with E-state index in [4.69, 9.17) is 9.52 Å². The molecule has 1 aliphatic heterocycles. The number of benzene rings is 2. The lowest BCUT2D eigenvalue weighted by atomic mass is 10.1. The number of anilines is 1. The van der Waals surface area contributed by atoms with Gasteiger partial charge < -0.3 is 14.4 Å². The number of oxazole rings is 1. The van der Waals surface area contributed by atoms with E-state index in [1.165, 1.54) is 4.90 Å². The van der Waals surface area contributed by atoms with E-state index in [1.54, 1.807) is 18.2 Å². The molecule has 0 spiro atoms.